The lowest BCUT2D eigenvalue weighted by atomic mass is 10.0. The molecule has 3 nitrogen and oxygen atoms in total. The lowest BCUT2D eigenvalue weighted by Gasteiger charge is -2.21. The summed E-state index contributed by atoms with van der Waals surface area (Å²) < 4.78 is 0. The zero-order chi connectivity index (χ0) is 15.2. The summed E-state index contributed by atoms with van der Waals surface area (Å²) in [6.45, 7) is 1.63. The molecular weight excluding hydrogens is 272 g/mol. The fourth-order valence-electron chi connectivity index (χ4n) is 2.92. The number of likely N-dealkylation sites (N-methyl/N-ethyl adjacent to an activating group) is 1. The van der Waals surface area contributed by atoms with Gasteiger partial charge in [0.15, 0.2) is 0 Å². The fraction of sp³-hybridized carbons (Fsp3) is 0.316. The smallest absolute Gasteiger partial charge is 0.142 e. The molecule has 0 aromatic heterocycles. The first-order valence-electron chi connectivity index (χ1n) is 7.84. The van der Waals surface area contributed by atoms with Crippen LogP contribution in [0, 0.1) is 0 Å². The third kappa shape index (κ3) is 3.55. The van der Waals surface area contributed by atoms with E-state index in [2.05, 4.69) is 53.5 Å². The molecule has 22 heavy (non-hydrogen) atoms. The predicted octanol–water partition coefficient (Wildman–Crippen LogP) is 3.70. The van der Waals surface area contributed by atoms with Gasteiger partial charge in [0, 0.05) is 5.56 Å². The van der Waals surface area contributed by atoms with Gasteiger partial charge in [-0.1, -0.05) is 65.8 Å². The summed E-state index contributed by atoms with van der Waals surface area (Å²) >= 11 is 0. The lowest BCUT2D eigenvalue weighted by molar-refractivity contribution is 0.128. The first kappa shape index (κ1) is 14.8. The SMILES string of the molecule is CN1CCCC1/C(=N/OCc1ccccc1)c1ccccc1. The maximum atomic E-state index is 5.66. The Hall–Kier alpha value is -2.13. The van der Waals surface area contributed by atoms with Crippen LogP contribution in [-0.4, -0.2) is 30.2 Å². The number of oxime groups is 1. The van der Waals surface area contributed by atoms with Gasteiger partial charge in [-0.3, -0.25) is 4.90 Å². The highest BCUT2D eigenvalue weighted by Crippen LogP contribution is 2.20. The van der Waals surface area contributed by atoms with Crippen molar-refractivity contribution in [1.82, 2.24) is 4.90 Å². The second kappa shape index (κ2) is 7.23. The van der Waals surface area contributed by atoms with Gasteiger partial charge < -0.3 is 4.84 Å². The molecule has 2 aromatic carbocycles. The van der Waals surface area contributed by atoms with Crippen molar-refractivity contribution < 1.29 is 4.84 Å². The first-order valence-corrected chi connectivity index (χ1v) is 7.84. The second-order valence-electron chi connectivity index (χ2n) is 5.74. The Balaban J connectivity index is 1.77. The van der Waals surface area contributed by atoms with Crippen LogP contribution in [0.1, 0.15) is 24.0 Å². The maximum absolute atomic E-state index is 5.66. The minimum atomic E-state index is 0.346. The molecule has 0 N–H and O–H groups in total. The monoisotopic (exact) mass is 294 g/mol. The number of rotatable bonds is 5. The van der Waals surface area contributed by atoms with Gasteiger partial charge in [0.05, 0.1) is 6.04 Å². The Kier molecular flexibility index (Phi) is 4.86. The van der Waals surface area contributed by atoms with Crippen LogP contribution in [0.15, 0.2) is 65.8 Å². The van der Waals surface area contributed by atoms with Crippen molar-refractivity contribution in [1.29, 1.82) is 0 Å². The van der Waals surface area contributed by atoms with Gasteiger partial charge in [-0.15, -0.1) is 0 Å². The van der Waals surface area contributed by atoms with E-state index in [4.69, 9.17) is 4.84 Å². The average Bonchev–Trinajstić information content (AvgIpc) is 2.99. The van der Waals surface area contributed by atoms with E-state index in [0.717, 1.165) is 29.8 Å². The van der Waals surface area contributed by atoms with Gasteiger partial charge in [0.1, 0.15) is 12.3 Å². The molecule has 0 spiro atoms. The molecule has 1 atom stereocenters. The van der Waals surface area contributed by atoms with Gasteiger partial charge >= 0.3 is 0 Å². The Bertz CT molecular complexity index is 610. The van der Waals surface area contributed by atoms with Crippen LogP contribution in [0.4, 0.5) is 0 Å². The highest BCUT2D eigenvalue weighted by atomic mass is 16.6. The molecule has 0 amide bonds. The summed E-state index contributed by atoms with van der Waals surface area (Å²) in [5.74, 6) is 0. The number of benzene rings is 2. The first-order chi connectivity index (χ1) is 10.8. The Morgan fingerprint density at radius 1 is 1.09 bits per heavy atom. The predicted molar refractivity (Wildman–Crippen MR) is 89.9 cm³/mol. The Morgan fingerprint density at radius 2 is 1.77 bits per heavy atom. The minimum Gasteiger partial charge on any atom is -0.391 e. The third-order valence-electron chi connectivity index (χ3n) is 4.14. The summed E-state index contributed by atoms with van der Waals surface area (Å²) in [5, 5.41) is 4.50. The summed E-state index contributed by atoms with van der Waals surface area (Å²) in [5.41, 5.74) is 3.32. The van der Waals surface area contributed by atoms with Crippen molar-refractivity contribution in [2.75, 3.05) is 13.6 Å². The average molecular weight is 294 g/mol. The summed E-state index contributed by atoms with van der Waals surface area (Å²) in [4.78, 5) is 8.02. The van der Waals surface area contributed by atoms with Crippen molar-refractivity contribution in [3.8, 4) is 0 Å². The highest BCUT2D eigenvalue weighted by Gasteiger charge is 2.27. The zero-order valence-electron chi connectivity index (χ0n) is 13.0. The van der Waals surface area contributed by atoms with Gasteiger partial charge in [0.2, 0.25) is 0 Å². The van der Waals surface area contributed by atoms with E-state index in [1.807, 2.05) is 24.3 Å². The zero-order valence-corrected chi connectivity index (χ0v) is 13.0. The van der Waals surface area contributed by atoms with Crippen LogP contribution in [-0.2, 0) is 11.4 Å². The van der Waals surface area contributed by atoms with Gasteiger partial charge in [-0.25, -0.2) is 0 Å². The molecule has 1 aliphatic heterocycles. The van der Waals surface area contributed by atoms with Crippen LogP contribution in [0.2, 0.25) is 0 Å². The van der Waals surface area contributed by atoms with Crippen LogP contribution < -0.4 is 0 Å². The topological polar surface area (TPSA) is 24.8 Å². The molecule has 0 saturated carbocycles. The minimum absolute atomic E-state index is 0.346. The van der Waals surface area contributed by atoms with Crippen LogP contribution in [0.5, 0.6) is 0 Å². The molecule has 0 bridgehead atoms. The van der Waals surface area contributed by atoms with Crippen LogP contribution in [0.25, 0.3) is 0 Å². The summed E-state index contributed by atoms with van der Waals surface area (Å²) in [6, 6.07) is 20.9. The highest BCUT2D eigenvalue weighted by molar-refractivity contribution is 6.04. The maximum Gasteiger partial charge on any atom is 0.142 e. The van der Waals surface area contributed by atoms with Crippen LogP contribution >= 0.6 is 0 Å². The molecule has 114 valence electrons. The second-order valence-corrected chi connectivity index (χ2v) is 5.74. The van der Waals surface area contributed by atoms with Gasteiger partial charge in [-0.05, 0) is 32.0 Å². The van der Waals surface area contributed by atoms with Crippen molar-refractivity contribution in [2.45, 2.75) is 25.5 Å². The lowest BCUT2D eigenvalue weighted by Crippen LogP contribution is -2.33. The summed E-state index contributed by atoms with van der Waals surface area (Å²) in [6.07, 6.45) is 2.35. The van der Waals surface area contributed by atoms with E-state index in [-0.39, 0.29) is 0 Å². The quantitative estimate of drug-likeness (QED) is 0.620. The van der Waals surface area contributed by atoms with E-state index in [1.54, 1.807) is 0 Å². The van der Waals surface area contributed by atoms with E-state index >= 15 is 0 Å². The van der Waals surface area contributed by atoms with E-state index in [0.29, 0.717) is 12.6 Å². The molecule has 3 heteroatoms. The van der Waals surface area contributed by atoms with E-state index in [9.17, 15) is 0 Å². The standard InChI is InChI=1S/C19H22N2O/c1-21-14-8-13-18(21)19(17-11-6-3-7-12-17)20-22-15-16-9-4-2-5-10-16/h2-7,9-12,18H,8,13-15H2,1H3/b20-19+. The molecule has 0 radical (unpaired) electrons. The Labute approximate surface area is 132 Å². The van der Waals surface area contributed by atoms with Crippen LogP contribution in [0.3, 0.4) is 0 Å². The van der Waals surface area contributed by atoms with Gasteiger partial charge in [-0.2, -0.15) is 0 Å². The van der Waals surface area contributed by atoms with Crippen molar-refractivity contribution in [3.05, 3.63) is 71.8 Å². The van der Waals surface area contributed by atoms with Gasteiger partial charge in [0.25, 0.3) is 0 Å². The molecule has 3 rings (SSSR count). The Morgan fingerprint density at radius 3 is 2.41 bits per heavy atom. The van der Waals surface area contributed by atoms with Crippen molar-refractivity contribution in [2.24, 2.45) is 5.16 Å². The van der Waals surface area contributed by atoms with Crippen molar-refractivity contribution in [3.63, 3.8) is 0 Å². The fourth-order valence-corrected chi connectivity index (χ4v) is 2.92. The van der Waals surface area contributed by atoms with E-state index in [1.165, 1.54) is 6.42 Å². The molecule has 1 heterocycles. The molecule has 0 aliphatic carbocycles. The van der Waals surface area contributed by atoms with E-state index < -0.39 is 0 Å². The molecule has 1 unspecified atom stereocenters. The molecule has 1 aliphatic rings. The number of hydrogen-bond acceptors (Lipinski definition) is 3. The normalized spacial score (nSPS) is 19.3. The third-order valence-corrected chi connectivity index (χ3v) is 4.14. The summed E-state index contributed by atoms with van der Waals surface area (Å²) in [7, 11) is 2.16. The largest absolute Gasteiger partial charge is 0.391 e. The number of likely N-dealkylation sites (tertiary alicyclic amines) is 1. The molecule has 1 saturated heterocycles. The number of nitrogens with zero attached hydrogens (tertiary/aromatic N) is 2. The molecule has 1 fully saturated rings. The van der Waals surface area contributed by atoms with Crippen molar-refractivity contribution >= 4 is 5.71 Å². The number of hydrogen-bond donors (Lipinski definition) is 0. The molecule has 2 aromatic rings. The molecular formula is C19H22N2O.